The molecular formula is C16H21N3. The van der Waals surface area contributed by atoms with Crippen molar-refractivity contribution < 1.29 is 0 Å². The zero-order valence-corrected chi connectivity index (χ0v) is 11.5. The summed E-state index contributed by atoms with van der Waals surface area (Å²) in [6, 6.07) is 11.8. The molecule has 1 aromatic carbocycles. The number of rotatable bonds is 2. The van der Waals surface area contributed by atoms with Gasteiger partial charge in [-0.15, -0.1) is 0 Å². The van der Waals surface area contributed by atoms with Crippen LogP contribution in [0.5, 0.6) is 0 Å². The van der Waals surface area contributed by atoms with Gasteiger partial charge in [-0.1, -0.05) is 18.2 Å². The number of para-hydroxylation sites is 1. The van der Waals surface area contributed by atoms with Crippen LogP contribution >= 0.6 is 0 Å². The number of benzene rings is 1. The molecule has 3 rings (SSSR count). The Hall–Kier alpha value is -1.53. The van der Waals surface area contributed by atoms with Crippen molar-refractivity contribution in [2.45, 2.75) is 43.7 Å². The van der Waals surface area contributed by atoms with Crippen LogP contribution in [0.3, 0.4) is 0 Å². The van der Waals surface area contributed by atoms with E-state index in [9.17, 15) is 5.26 Å². The third kappa shape index (κ3) is 2.11. The minimum absolute atomic E-state index is 0.282. The van der Waals surface area contributed by atoms with Crippen LogP contribution in [0.4, 0.5) is 5.69 Å². The molecule has 1 N–H and O–H groups in total. The molecule has 3 heteroatoms. The van der Waals surface area contributed by atoms with Crippen molar-refractivity contribution in [2.24, 2.45) is 0 Å². The molecule has 1 fully saturated rings. The van der Waals surface area contributed by atoms with Gasteiger partial charge in [-0.3, -0.25) is 0 Å². The number of fused-ring (bicyclic) bond motifs is 1. The zero-order chi connectivity index (χ0) is 13.3. The third-order valence-electron chi connectivity index (χ3n) is 4.87. The molecule has 1 aliphatic heterocycles. The van der Waals surface area contributed by atoms with E-state index in [1.54, 1.807) is 0 Å². The van der Waals surface area contributed by atoms with Gasteiger partial charge in [0.1, 0.15) is 5.54 Å². The lowest BCUT2D eigenvalue weighted by Crippen LogP contribution is -2.49. The van der Waals surface area contributed by atoms with Crippen molar-refractivity contribution in [2.75, 3.05) is 18.5 Å². The van der Waals surface area contributed by atoms with E-state index in [1.807, 2.05) is 7.05 Å². The molecule has 19 heavy (non-hydrogen) atoms. The lowest BCUT2D eigenvalue weighted by Gasteiger charge is -2.39. The average Bonchev–Trinajstić information content (AvgIpc) is 2.91. The van der Waals surface area contributed by atoms with Gasteiger partial charge in [-0.2, -0.15) is 5.26 Å². The summed E-state index contributed by atoms with van der Waals surface area (Å²) in [4.78, 5) is 2.56. The van der Waals surface area contributed by atoms with E-state index in [1.165, 1.54) is 17.7 Å². The zero-order valence-electron chi connectivity index (χ0n) is 11.5. The maximum Gasteiger partial charge on any atom is 0.106 e. The van der Waals surface area contributed by atoms with E-state index in [2.05, 4.69) is 40.6 Å². The summed E-state index contributed by atoms with van der Waals surface area (Å²) in [5, 5.41) is 12.5. The predicted octanol–water partition coefficient (Wildman–Crippen LogP) is 2.47. The second-order valence-electron chi connectivity index (χ2n) is 5.75. The van der Waals surface area contributed by atoms with E-state index >= 15 is 0 Å². The fourth-order valence-electron chi connectivity index (χ4n) is 3.57. The van der Waals surface area contributed by atoms with Gasteiger partial charge in [0.15, 0.2) is 0 Å². The molecule has 0 aromatic heterocycles. The van der Waals surface area contributed by atoms with E-state index in [0.717, 1.165) is 32.2 Å². The Kier molecular flexibility index (Phi) is 3.20. The average molecular weight is 255 g/mol. The van der Waals surface area contributed by atoms with Crippen molar-refractivity contribution in [3.63, 3.8) is 0 Å². The summed E-state index contributed by atoms with van der Waals surface area (Å²) < 4.78 is 0. The van der Waals surface area contributed by atoms with Gasteiger partial charge in [0.05, 0.1) is 6.07 Å². The highest BCUT2D eigenvalue weighted by Gasteiger charge is 2.37. The van der Waals surface area contributed by atoms with Crippen molar-refractivity contribution in [1.82, 2.24) is 5.32 Å². The van der Waals surface area contributed by atoms with Crippen LogP contribution in [-0.2, 0) is 6.42 Å². The Morgan fingerprint density at radius 1 is 1.32 bits per heavy atom. The summed E-state index contributed by atoms with van der Waals surface area (Å²) >= 11 is 0. The quantitative estimate of drug-likeness (QED) is 0.882. The number of nitriles is 1. The van der Waals surface area contributed by atoms with Gasteiger partial charge in [-0.05, 0) is 50.8 Å². The Bertz CT molecular complexity index is 495. The normalized spacial score (nSPS) is 29.9. The van der Waals surface area contributed by atoms with Crippen LogP contribution in [0.25, 0.3) is 0 Å². The molecule has 2 aliphatic rings. The number of nitrogens with one attached hydrogen (secondary N) is 1. The van der Waals surface area contributed by atoms with Gasteiger partial charge in [0.25, 0.3) is 0 Å². The Morgan fingerprint density at radius 2 is 2.05 bits per heavy atom. The van der Waals surface area contributed by atoms with Gasteiger partial charge in [0, 0.05) is 18.3 Å². The Morgan fingerprint density at radius 3 is 2.74 bits per heavy atom. The molecule has 1 aromatic rings. The molecule has 1 heterocycles. The van der Waals surface area contributed by atoms with E-state index in [0.29, 0.717) is 6.04 Å². The van der Waals surface area contributed by atoms with E-state index in [-0.39, 0.29) is 5.54 Å². The van der Waals surface area contributed by atoms with Gasteiger partial charge >= 0.3 is 0 Å². The summed E-state index contributed by atoms with van der Waals surface area (Å²) in [5.74, 6) is 0. The molecule has 0 atom stereocenters. The van der Waals surface area contributed by atoms with Crippen molar-refractivity contribution in [3.05, 3.63) is 29.8 Å². The summed E-state index contributed by atoms with van der Waals surface area (Å²) in [6.07, 6.45) is 5.32. The maximum atomic E-state index is 9.32. The minimum atomic E-state index is -0.282. The molecule has 0 radical (unpaired) electrons. The number of nitrogens with zero attached hydrogens (tertiary/aromatic N) is 2. The van der Waals surface area contributed by atoms with Crippen molar-refractivity contribution >= 4 is 5.69 Å². The van der Waals surface area contributed by atoms with Gasteiger partial charge in [-0.25, -0.2) is 0 Å². The molecule has 3 nitrogen and oxygen atoms in total. The predicted molar refractivity (Wildman–Crippen MR) is 77.2 cm³/mol. The van der Waals surface area contributed by atoms with Crippen LogP contribution in [0, 0.1) is 11.3 Å². The first-order chi connectivity index (χ1) is 9.28. The molecule has 0 saturated heterocycles. The highest BCUT2D eigenvalue weighted by molar-refractivity contribution is 5.58. The van der Waals surface area contributed by atoms with Crippen LogP contribution in [0.15, 0.2) is 24.3 Å². The molecular weight excluding hydrogens is 234 g/mol. The lowest BCUT2D eigenvalue weighted by atomic mass is 9.80. The first-order valence-corrected chi connectivity index (χ1v) is 7.23. The van der Waals surface area contributed by atoms with Crippen molar-refractivity contribution in [3.8, 4) is 6.07 Å². The Labute approximate surface area is 115 Å². The molecule has 0 bridgehead atoms. The fraction of sp³-hybridized carbons (Fsp3) is 0.562. The molecule has 1 saturated carbocycles. The SMILES string of the molecule is CNC1(C#N)CCC(N2CCc3ccccc32)CC1. The van der Waals surface area contributed by atoms with Crippen LogP contribution in [0.2, 0.25) is 0 Å². The second-order valence-corrected chi connectivity index (χ2v) is 5.75. The van der Waals surface area contributed by atoms with E-state index in [4.69, 9.17) is 0 Å². The molecule has 100 valence electrons. The molecule has 1 aliphatic carbocycles. The van der Waals surface area contributed by atoms with Crippen LogP contribution in [0.1, 0.15) is 31.2 Å². The first kappa shape index (κ1) is 12.5. The van der Waals surface area contributed by atoms with Gasteiger partial charge in [0.2, 0.25) is 0 Å². The molecule has 0 unspecified atom stereocenters. The maximum absolute atomic E-state index is 9.32. The highest BCUT2D eigenvalue weighted by Crippen LogP contribution is 2.36. The summed E-state index contributed by atoms with van der Waals surface area (Å²) in [7, 11) is 1.91. The largest absolute Gasteiger partial charge is 0.368 e. The molecule has 0 amide bonds. The number of anilines is 1. The van der Waals surface area contributed by atoms with Crippen LogP contribution < -0.4 is 10.2 Å². The topological polar surface area (TPSA) is 39.1 Å². The monoisotopic (exact) mass is 255 g/mol. The Balaban J connectivity index is 1.72. The molecule has 0 spiro atoms. The summed E-state index contributed by atoms with van der Waals surface area (Å²) in [6.45, 7) is 1.14. The smallest absolute Gasteiger partial charge is 0.106 e. The van der Waals surface area contributed by atoms with Crippen molar-refractivity contribution in [1.29, 1.82) is 5.26 Å². The highest BCUT2D eigenvalue weighted by atomic mass is 15.2. The second kappa shape index (κ2) is 4.86. The summed E-state index contributed by atoms with van der Waals surface area (Å²) in [5.41, 5.74) is 2.62. The fourth-order valence-corrected chi connectivity index (χ4v) is 3.57. The lowest BCUT2D eigenvalue weighted by molar-refractivity contribution is 0.285. The van der Waals surface area contributed by atoms with Crippen LogP contribution in [-0.4, -0.2) is 25.2 Å². The van der Waals surface area contributed by atoms with Gasteiger partial charge < -0.3 is 10.2 Å². The first-order valence-electron chi connectivity index (χ1n) is 7.23. The van der Waals surface area contributed by atoms with E-state index < -0.39 is 0 Å². The minimum Gasteiger partial charge on any atom is -0.368 e. The third-order valence-corrected chi connectivity index (χ3v) is 4.87. The number of hydrogen-bond acceptors (Lipinski definition) is 3. The standard InChI is InChI=1S/C16H21N3/c1-18-16(12-17)9-6-14(7-10-16)19-11-8-13-4-2-3-5-15(13)19/h2-5,14,18H,6-11H2,1H3. The number of hydrogen-bond donors (Lipinski definition) is 1.